The second kappa shape index (κ2) is 7.32. The summed E-state index contributed by atoms with van der Waals surface area (Å²) in [6.45, 7) is 3.93. The summed E-state index contributed by atoms with van der Waals surface area (Å²) in [6.07, 6.45) is 7.49. The van der Waals surface area contributed by atoms with Crippen LogP contribution in [0.25, 0.3) is 0 Å². The maximum absolute atomic E-state index is 13.1. The van der Waals surface area contributed by atoms with Crippen LogP contribution < -0.4 is 5.32 Å². The second-order valence-electron chi connectivity index (χ2n) is 6.63. The highest BCUT2D eigenvalue weighted by atomic mass is 79.9. The Labute approximate surface area is 145 Å². The number of piperidine rings is 2. The van der Waals surface area contributed by atoms with Crippen LogP contribution in [-0.2, 0) is 9.53 Å². The molecule has 1 amide bonds. The van der Waals surface area contributed by atoms with Gasteiger partial charge in [-0.1, -0.05) is 0 Å². The summed E-state index contributed by atoms with van der Waals surface area (Å²) in [5.74, 6) is 0.279. The first-order valence-electron chi connectivity index (χ1n) is 8.33. The standard InChI is InChI=1S/C16H25BrN4O2/c1-23-12-16(4-6-18-7-5-16)15(22)20-8-2-14(3-9-20)21-11-13(17)10-19-21/h10-11,14,18H,2-9,12H2,1H3. The highest BCUT2D eigenvalue weighted by molar-refractivity contribution is 9.10. The maximum Gasteiger partial charge on any atom is 0.231 e. The Morgan fingerprint density at radius 3 is 2.70 bits per heavy atom. The fourth-order valence-electron chi connectivity index (χ4n) is 3.79. The largest absolute Gasteiger partial charge is 0.384 e. The van der Waals surface area contributed by atoms with Crippen LogP contribution in [0, 0.1) is 5.41 Å². The van der Waals surface area contributed by atoms with Crippen molar-refractivity contribution >= 4 is 21.8 Å². The van der Waals surface area contributed by atoms with E-state index in [1.54, 1.807) is 7.11 Å². The highest BCUT2D eigenvalue weighted by Crippen LogP contribution is 2.34. The molecule has 128 valence electrons. The highest BCUT2D eigenvalue weighted by Gasteiger charge is 2.43. The molecule has 0 spiro atoms. The molecule has 2 aliphatic rings. The molecular weight excluding hydrogens is 360 g/mol. The summed E-state index contributed by atoms with van der Waals surface area (Å²) in [5, 5.41) is 7.72. The topological polar surface area (TPSA) is 59.4 Å². The monoisotopic (exact) mass is 384 g/mol. The molecule has 0 aliphatic carbocycles. The van der Waals surface area contributed by atoms with E-state index in [1.807, 2.05) is 22.0 Å². The molecule has 2 fully saturated rings. The molecule has 0 unspecified atom stereocenters. The first-order chi connectivity index (χ1) is 11.1. The Kier molecular flexibility index (Phi) is 5.38. The Hall–Kier alpha value is -0.920. The molecule has 2 aliphatic heterocycles. The first kappa shape index (κ1) is 16.9. The van der Waals surface area contributed by atoms with Crippen molar-refractivity contribution in [2.45, 2.75) is 31.7 Å². The third-order valence-corrected chi connectivity index (χ3v) is 5.54. The Morgan fingerprint density at radius 1 is 1.43 bits per heavy atom. The predicted octanol–water partition coefficient (Wildman–Crippen LogP) is 1.83. The van der Waals surface area contributed by atoms with E-state index in [2.05, 4.69) is 26.3 Å². The molecule has 1 aromatic rings. The fourth-order valence-corrected chi connectivity index (χ4v) is 4.09. The molecule has 3 heterocycles. The zero-order valence-corrected chi connectivity index (χ0v) is 15.2. The van der Waals surface area contributed by atoms with Gasteiger partial charge in [0.1, 0.15) is 0 Å². The third kappa shape index (κ3) is 3.61. The van der Waals surface area contributed by atoms with E-state index in [0.717, 1.165) is 56.3 Å². The number of nitrogens with one attached hydrogen (secondary N) is 1. The molecule has 0 bridgehead atoms. The van der Waals surface area contributed by atoms with E-state index in [-0.39, 0.29) is 11.3 Å². The SMILES string of the molecule is COCC1(C(=O)N2CCC(n3cc(Br)cn3)CC2)CCNCC1. The molecular formula is C16H25BrN4O2. The van der Waals surface area contributed by atoms with Crippen LogP contribution in [0.4, 0.5) is 0 Å². The van der Waals surface area contributed by atoms with Gasteiger partial charge in [-0.25, -0.2) is 0 Å². The molecule has 0 aromatic carbocycles. The number of ether oxygens (including phenoxy) is 1. The van der Waals surface area contributed by atoms with Gasteiger partial charge in [-0.15, -0.1) is 0 Å². The van der Waals surface area contributed by atoms with Gasteiger partial charge in [-0.2, -0.15) is 5.10 Å². The van der Waals surface area contributed by atoms with Crippen LogP contribution in [0.3, 0.4) is 0 Å². The normalized spacial score (nSPS) is 22.3. The van der Waals surface area contributed by atoms with Crippen molar-refractivity contribution in [1.82, 2.24) is 20.0 Å². The number of nitrogens with zero attached hydrogens (tertiary/aromatic N) is 3. The van der Waals surface area contributed by atoms with E-state index in [9.17, 15) is 4.79 Å². The summed E-state index contributed by atoms with van der Waals surface area (Å²) in [5.41, 5.74) is -0.332. The van der Waals surface area contributed by atoms with Crippen LogP contribution in [0.2, 0.25) is 0 Å². The lowest BCUT2D eigenvalue weighted by molar-refractivity contribution is -0.149. The lowest BCUT2D eigenvalue weighted by atomic mass is 9.78. The molecule has 0 atom stereocenters. The van der Waals surface area contributed by atoms with Gasteiger partial charge < -0.3 is 15.0 Å². The lowest BCUT2D eigenvalue weighted by Crippen LogP contribution is -2.53. The van der Waals surface area contributed by atoms with Crippen LogP contribution >= 0.6 is 15.9 Å². The van der Waals surface area contributed by atoms with Gasteiger partial charge >= 0.3 is 0 Å². The number of carbonyl (C=O) groups is 1. The zero-order valence-electron chi connectivity index (χ0n) is 13.6. The van der Waals surface area contributed by atoms with Gasteiger partial charge in [0.25, 0.3) is 0 Å². The number of methoxy groups -OCH3 is 1. The van der Waals surface area contributed by atoms with Crippen LogP contribution in [0.1, 0.15) is 31.7 Å². The van der Waals surface area contributed by atoms with E-state index < -0.39 is 0 Å². The number of likely N-dealkylation sites (tertiary alicyclic amines) is 1. The minimum absolute atomic E-state index is 0.279. The molecule has 1 aromatic heterocycles. The van der Waals surface area contributed by atoms with Crippen molar-refractivity contribution in [2.75, 3.05) is 39.9 Å². The molecule has 6 nitrogen and oxygen atoms in total. The number of carbonyl (C=O) groups excluding carboxylic acids is 1. The van der Waals surface area contributed by atoms with E-state index >= 15 is 0 Å². The minimum Gasteiger partial charge on any atom is -0.384 e. The van der Waals surface area contributed by atoms with Gasteiger partial charge in [0.2, 0.25) is 5.91 Å². The number of aromatic nitrogens is 2. The summed E-state index contributed by atoms with van der Waals surface area (Å²) >= 11 is 3.44. The van der Waals surface area contributed by atoms with Gasteiger partial charge in [0, 0.05) is 26.4 Å². The summed E-state index contributed by atoms with van der Waals surface area (Å²) in [6, 6.07) is 0.386. The van der Waals surface area contributed by atoms with Crippen molar-refractivity contribution < 1.29 is 9.53 Å². The zero-order chi connectivity index (χ0) is 16.3. The molecule has 7 heteroatoms. The third-order valence-electron chi connectivity index (χ3n) is 5.13. The smallest absolute Gasteiger partial charge is 0.231 e. The number of hydrogen-bond acceptors (Lipinski definition) is 4. The Bertz CT molecular complexity index is 528. The molecule has 0 radical (unpaired) electrons. The van der Waals surface area contributed by atoms with Gasteiger partial charge in [-0.3, -0.25) is 9.48 Å². The average Bonchev–Trinajstić information content (AvgIpc) is 3.02. The van der Waals surface area contributed by atoms with E-state index in [4.69, 9.17) is 4.74 Å². The molecule has 3 rings (SSSR count). The van der Waals surface area contributed by atoms with Crippen molar-refractivity contribution in [3.63, 3.8) is 0 Å². The number of halogens is 1. The number of rotatable bonds is 4. The first-order valence-corrected chi connectivity index (χ1v) is 9.13. The number of amides is 1. The van der Waals surface area contributed by atoms with E-state index in [0.29, 0.717) is 12.6 Å². The minimum atomic E-state index is -0.332. The summed E-state index contributed by atoms with van der Waals surface area (Å²) in [7, 11) is 1.69. The summed E-state index contributed by atoms with van der Waals surface area (Å²) < 4.78 is 8.41. The quantitative estimate of drug-likeness (QED) is 0.859. The van der Waals surface area contributed by atoms with Crippen LogP contribution in [-0.4, -0.2) is 60.5 Å². The molecule has 2 saturated heterocycles. The van der Waals surface area contributed by atoms with Crippen molar-refractivity contribution in [2.24, 2.45) is 5.41 Å². The fraction of sp³-hybridized carbons (Fsp3) is 0.750. The van der Waals surface area contributed by atoms with Crippen molar-refractivity contribution in [3.8, 4) is 0 Å². The predicted molar refractivity (Wildman–Crippen MR) is 91.2 cm³/mol. The number of hydrogen-bond donors (Lipinski definition) is 1. The van der Waals surface area contributed by atoms with Crippen LogP contribution in [0.5, 0.6) is 0 Å². The van der Waals surface area contributed by atoms with Crippen LogP contribution in [0.15, 0.2) is 16.9 Å². The lowest BCUT2D eigenvalue weighted by Gasteiger charge is -2.42. The molecule has 0 saturated carbocycles. The van der Waals surface area contributed by atoms with Gasteiger partial charge in [0.05, 0.1) is 28.7 Å². The Morgan fingerprint density at radius 2 is 2.13 bits per heavy atom. The maximum atomic E-state index is 13.1. The van der Waals surface area contributed by atoms with Gasteiger partial charge in [0.15, 0.2) is 0 Å². The second-order valence-corrected chi connectivity index (χ2v) is 7.54. The van der Waals surface area contributed by atoms with Gasteiger partial charge in [-0.05, 0) is 54.7 Å². The van der Waals surface area contributed by atoms with E-state index in [1.165, 1.54) is 0 Å². The van der Waals surface area contributed by atoms with Crippen molar-refractivity contribution in [3.05, 3.63) is 16.9 Å². The summed E-state index contributed by atoms with van der Waals surface area (Å²) in [4.78, 5) is 15.1. The molecule has 1 N–H and O–H groups in total. The Balaban J connectivity index is 1.62. The average molecular weight is 385 g/mol. The molecule has 23 heavy (non-hydrogen) atoms. The van der Waals surface area contributed by atoms with Crippen molar-refractivity contribution in [1.29, 1.82) is 0 Å².